The van der Waals surface area contributed by atoms with Crippen LogP contribution in [0, 0.1) is 11.8 Å². The Hall–Kier alpha value is -2.14. The second kappa shape index (κ2) is 9.88. The number of esters is 1. The summed E-state index contributed by atoms with van der Waals surface area (Å²) in [5.74, 6) is -0.403. The van der Waals surface area contributed by atoms with Crippen LogP contribution in [0.5, 0.6) is 0 Å². The normalized spacial score (nSPS) is 15.1. The van der Waals surface area contributed by atoms with Gasteiger partial charge in [0.2, 0.25) is 5.91 Å². The molecule has 3 atom stereocenters. The van der Waals surface area contributed by atoms with Crippen LogP contribution >= 0.6 is 0 Å². The molecular formula is C19H28N2O3. The van der Waals surface area contributed by atoms with Crippen LogP contribution in [0.1, 0.15) is 38.8 Å². The molecule has 0 aliphatic heterocycles. The molecule has 3 N–H and O–H groups in total. The van der Waals surface area contributed by atoms with Crippen LogP contribution in [0.3, 0.4) is 0 Å². The van der Waals surface area contributed by atoms with Gasteiger partial charge in [0.25, 0.3) is 0 Å². The fourth-order valence-corrected chi connectivity index (χ4v) is 2.30. The van der Waals surface area contributed by atoms with E-state index < -0.39 is 6.04 Å². The van der Waals surface area contributed by atoms with E-state index in [9.17, 15) is 9.59 Å². The van der Waals surface area contributed by atoms with Crippen molar-refractivity contribution in [1.82, 2.24) is 5.32 Å². The lowest BCUT2D eigenvalue weighted by molar-refractivity contribution is -0.139. The maximum Gasteiger partial charge on any atom is 0.309 e. The second-order valence-corrected chi connectivity index (χ2v) is 6.23. The number of hydrogen-bond donors (Lipinski definition) is 2. The summed E-state index contributed by atoms with van der Waals surface area (Å²) in [6.45, 7) is 5.83. The highest BCUT2D eigenvalue weighted by molar-refractivity contribution is 5.82. The van der Waals surface area contributed by atoms with Gasteiger partial charge in [0.05, 0.1) is 25.6 Å². The highest BCUT2D eigenvalue weighted by atomic mass is 16.5. The number of methoxy groups -OCH3 is 1. The van der Waals surface area contributed by atoms with Gasteiger partial charge in [-0.25, -0.2) is 0 Å². The molecule has 0 radical (unpaired) electrons. The zero-order chi connectivity index (χ0) is 18.1. The monoisotopic (exact) mass is 332 g/mol. The van der Waals surface area contributed by atoms with Crippen molar-refractivity contribution < 1.29 is 14.3 Å². The average molecular weight is 332 g/mol. The van der Waals surface area contributed by atoms with Gasteiger partial charge in [-0.3, -0.25) is 9.59 Å². The van der Waals surface area contributed by atoms with Gasteiger partial charge in [0, 0.05) is 0 Å². The van der Waals surface area contributed by atoms with E-state index in [1.54, 1.807) is 6.08 Å². The van der Waals surface area contributed by atoms with Crippen molar-refractivity contribution >= 4 is 11.9 Å². The lowest BCUT2D eigenvalue weighted by Gasteiger charge is -2.26. The molecule has 0 spiro atoms. The van der Waals surface area contributed by atoms with Crippen LogP contribution in [0.15, 0.2) is 42.5 Å². The highest BCUT2D eigenvalue weighted by Crippen LogP contribution is 2.23. The van der Waals surface area contributed by atoms with Crippen molar-refractivity contribution in [3.05, 3.63) is 48.0 Å². The number of amides is 1. The Labute approximate surface area is 144 Å². The second-order valence-electron chi connectivity index (χ2n) is 6.23. The summed E-state index contributed by atoms with van der Waals surface area (Å²) in [4.78, 5) is 23.6. The molecule has 0 aliphatic carbocycles. The zero-order valence-corrected chi connectivity index (χ0v) is 14.9. The predicted molar refractivity (Wildman–Crippen MR) is 95.1 cm³/mol. The summed E-state index contributed by atoms with van der Waals surface area (Å²) in [6, 6.07) is 8.97. The van der Waals surface area contributed by atoms with Crippen LogP contribution in [0.4, 0.5) is 0 Å². The van der Waals surface area contributed by atoms with Crippen molar-refractivity contribution in [2.24, 2.45) is 17.6 Å². The first kappa shape index (κ1) is 19.9. The highest BCUT2D eigenvalue weighted by Gasteiger charge is 2.24. The van der Waals surface area contributed by atoms with E-state index in [2.05, 4.69) is 10.1 Å². The number of hydrogen-bond acceptors (Lipinski definition) is 4. The van der Waals surface area contributed by atoms with Gasteiger partial charge in [-0.05, 0) is 17.4 Å². The van der Waals surface area contributed by atoms with Gasteiger partial charge in [0.15, 0.2) is 0 Å². The summed E-state index contributed by atoms with van der Waals surface area (Å²) in [5.41, 5.74) is 6.95. The summed E-state index contributed by atoms with van der Waals surface area (Å²) < 4.78 is 4.62. The lowest BCUT2D eigenvalue weighted by Crippen LogP contribution is -2.46. The lowest BCUT2D eigenvalue weighted by atomic mass is 9.93. The molecule has 0 heterocycles. The summed E-state index contributed by atoms with van der Waals surface area (Å²) in [6.07, 6.45) is 3.89. The third kappa shape index (κ3) is 6.16. The van der Waals surface area contributed by atoms with E-state index in [0.717, 1.165) is 5.56 Å². The quantitative estimate of drug-likeness (QED) is 0.566. The number of carbonyl (C=O) groups excluding carboxylic acids is 2. The van der Waals surface area contributed by atoms with Gasteiger partial charge >= 0.3 is 5.97 Å². The number of carbonyl (C=O) groups is 2. The Balaban J connectivity index is 2.90. The maximum atomic E-state index is 12.4. The molecule has 5 nitrogen and oxygen atoms in total. The molecule has 1 aromatic carbocycles. The number of rotatable bonds is 8. The smallest absolute Gasteiger partial charge is 0.309 e. The fourth-order valence-electron chi connectivity index (χ4n) is 2.30. The van der Waals surface area contributed by atoms with Gasteiger partial charge in [-0.1, -0.05) is 63.3 Å². The topological polar surface area (TPSA) is 81.4 Å². The molecule has 1 rings (SSSR count). The van der Waals surface area contributed by atoms with E-state index in [4.69, 9.17) is 5.73 Å². The van der Waals surface area contributed by atoms with Gasteiger partial charge in [-0.15, -0.1) is 0 Å². The molecule has 0 saturated heterocycles. The van der Waals surface area contributed by atoms with Gasteiger partial charge in [-0.2, -0.15) is 0 Å². The minimum atomic E-state index is -0.553. The molecule has 0 unspecified atom stereocenters. The largest absolute Gasteiger partial charge is 0.469 e. The van der Waals surface area contributed by atoms with Crippen LogP contribution in [-0.2, 0) is 14.3 Å². The minimum Gasteiger partial charge on any atom is -0.469 e. The van der Waals surface area contributed by atoms with Crippen LogP contribution in [-0.4, -0.2) is 25.0 Å². The molecular weight excluding hydrogens is 304 g/mol. The standard InChI is InChI=1S/C19H28N2O3/c1-13(2)17(20)19(23)21-18(15-10-6-5-7-11-15)14(3)9-8-12-16(22)24-4/h5-11,13-14,17-18H,12,20H2,1-4H3,(H,21,23)/b9-8+/t14-,17-,18+/m1/s1. The first-order valence-corrected chi connectivity index (χ1v) is 8.21. The van der Waals surface area contributed by atoms with E-state index >= 15 is 0 Å². The number of nitrogens with two attached hydrogens (primary N) is 1. The van der Waals surface area contributed by atoms with Gasteiger partial charge in [0.1, 0.15) is 0 Å². The number of nitrogens with one attached hydrogen (secondary N) is 1. The molecule has 1 aromatic rings. The van der Waals surface area contributed by atoms with Crippen molar-refractivity contribution in [2.75, 3.05) is 7.11 Å². The predicted octanol–water partition coefficient (Wildman–Crippen LogP) is 2.58. The Morgan fingerprint density at radius 3 is 2.38 bits per heavy atom. The van der Waals surface area contributed by atoms with Crippen molar-refractivity contribution in [3.8, 4) is 0 Å². The van der Waals surface area contributed by atoms with Crippen molar-refractivity contribution in [3.63, 3.8) is 0 Å². The molecule has 0 bridgehead atoms. The molecule has 0 aromatic heterocycles. The van der Waals surface area contributed by atoms with Crippen molar-refractivity contribution in [2.45, 2.75) is 39.3 Å². The number of ether oxygens (including phenoxy) is 1. The van der Waals surface area contributed by atoms with E-state index in [1.165, 1.54) is 7.11 Å². The van der Waals surface area contributed by atoms with Crippen LogP contribution < -0.4 is 11.1 Å². The molecule has 0 saturated carbocycles. The zero-order valence-electron chi connectivity index (χ0n) is 14.9. The Kier molecular flexibility index (Phi) is 8.19. The van der Waals surface area contributed by atoms with Crippen molar-refractivity contribution in [1.29, 1.82) is 0 Å². The minimum absolute atomic E-state index is 0.000341. The molecule has 1 amide bonds. The van der Waals surface area contributed by atoms with Crippen LogP contribution in [0.2, 0.25) is 0 Å². The third-order valence-corrected chi connectivity index (χ3v) is 3.96. The summed E-state index contributed by atoms with van der Waals surface area (Å²) >= 11 is 0. The molecule has 5 heteroatoms. The molecule has 132 valence electrons. The van der Waals surface area contributed by atoms with Crippen LogP contribution in [0.25, 0.3) is 0 Å². The SMILES string of the molecule is COC(=O)C/C=C/[C@@H](C)[C@H](NC(=O)[C@H](N)C(C)C)c1ccccc1. The summed E-state index contributed by atoms with van der Waals surface area (Å²) in [7, 11) is 1.36. The third-order valence-electron chi connectivity index (χ3n) is 3.96. The Bertz CT molecular complexity index is 555. The maximum absolute atomic E-state index is 12.4. The Morgan fingerprint density at radius 1 is 1.21 bits per heavy atom. The first-order valence-electron chi connectivity index (χ1n) is 8.21. The summed E-state index contributed by atoms with van der Waals surface area (Å²) in [5, 5.41) is 3.03. The van der Waals surface area contributed by atoms with E-state index in [0.29, 0.717) is 0 Å². The first-order chi connectivity index (χ1) is 11.4. The fraction of sp³-hybridized carbons (Fsp3) is 0.474. The average Bonchev–Trinajstić information content (AvgIpc) is 2.58. The molecule has 0 aliphatic rings. The van der Waals surface area contributed by atoms with Gasteiger partial charge < -0.3 is 15.8 Å². The molecule has 24 heavy (non-hydrogen) atoms. The van der Waals surface area contributed by atoms with E-state index in [-0.39, 0.29) is 36.2 Å². The Morgan fingerprint density at radius 2 is 1.83 bits per heavy atom. The number of benzene rings is 1. The molecule has 0 fully saturated rings. The van der Waals surface area contributed by atoms with E-state index in [1.807, 2.05) is 57.2 Å².